The molecule has 2 unspecified atom stereocenters. The smallest absolute Gasteiger partial charge is 0.394 e. The van der Waals surface area contributed by atoms with Crippen molar-refractivity contribution in [1.29, 1.82) is 0 Å². The lowest BCUT2D eigenvalue weighted by molar-refractivity contribution is -0.0629. The summed E-state index contributed by atoms with van der Waals surface area (Å²) in [5.41, 5.74) is 18.7. The first kappa shape index (κ1) is 44.2. The molecule has 33 heteroatoms. The van der Waals surface area contributed by atoms with Gasteiger partial charge in [0.2, 0.25) is 0 Å². The van der Waals surface area contributed by atoms with E-state index in [-0.39, 0.29) is 50.9 Å². The number of phosphoric ester groups is 2. The lowest BCUT2D eigenvalue weighted by atomic mass is 10.1. The van der Waals surface area contributed by atoms with Crippen LogP contribution in [0, 0.1) is 0 Å². The third-order valence-electron chi connectivity index (χ3n) is 10.7. The Morgan fingerprint density at radius 2 is 1.00 bits per heavy atom. The van der Waals surface area contributed by atoms with Crippen LogP contribution in [0.25, 0.3) is 33.5 Å². The average molecular weight is 940 g/mol. The Morgan fingerprint density at radius 3 is 1.48 bits per heavy atom. The van der Waals surface area contributed by atoms with E-state index in [4.69, 9.17) is 54.2 Å². The van der Waals surface area contributed by atoms with Gasteiger partial charge in [0.05, 0.1) is 38.8 Å². The number of methoxy groups -OCH3 is 1. The standard InChI is InChI=1S/C31H39N15O16P2/c1-55-22-21(62-64(53,54)56-3-12-17(48)18(49)29(59-12)44-8-41-14-23(32)35-5-38-26(14)44)13(60-31(22)46-10-43-16-25(34)37-7-40-28(16)46)4-57-63(51,52)61-20-11(2-47)58-30(19(20)50)45-9-42-15-24(33)36-6-39-27(15)45/h5-13,17-22,29-31,47-50H,2-4H2,1H3,(H,51,52)(H,53,54)(H2,32,35,38)(H2,33,36,39)(H2,34,37,40)/t11-,12-,13-,17-,18-,19-,20-,21-,22-,29-,30-,31-/m1/s1. The summed E-state index contributed by atoms with van der Waals surface area (Å²) in [4.78, 5) is 58.6. The second-order valence-electron chi connectivity index (χ2n) is 14.5. The van der Waals surface area contributed by atoms with Gasteiger partial charge in [0.15, 0.2) is 53.1 Å². The topological polar surface area (TPSA) is 438 Å². The monoisotopic (exact) mass is 939 g/mol. The van der Waals surface area contributed by atoms with Crippen molar-refractivity contribution >= 4 is 66.6 Å². The molecular weight excluding hydrogens is 900 g/mol. The molecule has 3 aliphatic rings. The number of anilines is 3. The maximum Gasteiger partial charge on any atom is 0.472 e. The Balaban J connectivity index is 0.923. The molecule has 31 nitrogen and oxygen atoms in total. The van der Waals surface area contributed by atoms with E-state index in [1.54, 1.807) is 0 Å². The zero-order valence-corrected chi connectivity index (χ0v) is 34.6. The van der Waals surface area contributed by atoms with Crippen molar-refractivity contribution in [1.82, 2.24) is 58.6 Å². The van der Waals surface area contributed by atoms with Gasteiger partial charge in [-0.15, -0.1) is 0 Å². The summed E-state index contributed by atoms with van der Waals surface area (Å²) in [6, 6.07) is 0. The number of aliphatic hydroxyl groups is 4. The Bertz CT molecular complexity index is 2770. The summed E-state index contributed by atoms with van der Waals surface area (Å²) in [7, 11) is -9.30. The number of ether oxygens (including phenoxy) is 4. The van der Waals surface area contributed by atoms with Crippen LogP contribution >= 0.6 is 15.6 Å². The lowest BCUT2D eigenvalue weighted by Gasteiger charge is -2.26. The van der Waals surface area contributed by atoms with Crippen molar-refractivity contribution in [3.63, 3.8) is 0 Å². The van der Waals surface area contributed by atoms with E-state index in [2.05, 4.69) is 44.9 Å². The van der Waals surface area contributed by atoms with Gasteiger partial charge in [-0.3, -0.25) is 31.8 Å². The first-order valence-electron chi connectivity index (χ1n) is 18.8. The number of hydrogen-bond acceptors (Lipinski definition) is 26. The van der Waals surface area contributed by atoms with Crippen LogP contribution in [0.15, 0.2) is 38.0 Å². The van der Waals surface area contributed by atoms with Gasteiger partial charge >= 0.3 is 15.6 Å². The molecule has 0 aromatic carbocycles. The predicted molar refractivity (Wildman–Crippen MR) is 208 cm³/mol. The van der Waals surface area contributed by atoms with Crippen LogP contribution < -0.4 is 17.2 Å². The Morgan fingerprint density at radius 1 is 0.578 bits per heavy atom. The highest BCUT2D eigenvalue weighted by atomic mass is 31.2. The minimum atomic E-state index is -5.26. The molecule has 0 spiro atoms. The summed E-state index contributed by atoms with van der Waals surface area (Å²) in [5.74, 6) is 0.0942. The van der Waals surface area contributed by atoms with Crippen molar-refractivity contribution in [2.45, 2.75) is 73.6 Å². The number of phosphoric acid groups is 2. The number of nitrogens with zero attached hydrogens (tertiary/aromatic N) is 12. The van der Waals surface area contributed by atoms with E-state index in [0.29, 0.717) is 0 Å². The maximum atomic E-state index is 13.7. The lowest BCUT2D eigenvalue weighted by Crippen LogP contribution is -2.38. The Hall–Kier alpha value is -5.05. The highest BCUT2D eigenvalue weighted by molar-refractivity contribution is 7.47. The van der Waals surface area contributed by atoms with Crippen molar-refractivity contribution in [3.8, 4) is 0 Å². The van der Waals surface area contributed by atoms with Gasteiger partial charge in [0, 0.05) is 7.11 Å². The van der Waals surface area contributed by atoms with Crippen LogP contribution in [-0.4, -0.2) is 171 Å². The molecule has 0 aliphatic carbocycles. The summed E-state index contributed by atoms with van der Waals surface area (Å²) < 4.78 is 76.2. The van der Waals surface area contributed by atoms with Crippen molar-refractivity contribution in [2.24, 2.45) is 0 Å². The van der Waals surface area contributed by atoms with Crippen molar-refractivity contribution < 1.29 is 76.4 Å². The second-order valence-corrected chi connectivity index (χ2v) is 17.3. The SMILES string of the molecule is CO[C@@H]1[C@H](OP(=O)(O)OC[C@H]2O[C@@H](n3cnc4c(N)ncnc43)[C@H](O)[C@@H]2O)[C@@H](COP(=O)(O)O[C@H]2[C@@H](O)[C@H](n3cnc4c(N)ncnc43)O[C@@H]2CO)O[C@H]1n1cnc2c(N)ncnc21. The van der Waals surface area contributed by atoms with E-state index in [1.165, 1.54) is 39.8 Å². The molecule has 9 heterocycles. The van der Waals surface area contributed by atoms with Gasteiger partial charge in [-0.1, -0.05) is 0 Å². The predicted octanol–water partition coefficient (Wildman–Crippen LogP) is -2.96. The van der Waals surface area contributed by atoms with Gasteiger partial charge in [-0.05, 0) is 0 Å². The fourth-order valence-electron chi connectivity index (χ4n) is 7.64. The molecule has 6 aromatic rings. The van der Waals surface area contributed by atoms with Gasteiger partial charge in [0.1, 0.15) is 90.5 Å². The fraction of sp³-hybridized carbons (Fsp3) is 0.516. The quantitative estimate of drug-likeness (QED) is 0.0464. The minimum absolute atomic E-state index is 0.0115. The number of fused-ring (bicyclic) bond motifs is 3. The zero-order chi connectivity index (χ0) is 45.2. The van der Waals surface area contributed by atoms with E-state index >= 15 is 0 Å². The molecule has 64 heavy (non-hydrogen) atoms. The number of nitrogens with two attached hydrogens (primary N) is 3. The third-order valence-corrected chi connectivity index (χ3v) is 12.7. The molecule has 6 aromatic heterocycles. The van der Waals surface area contributed by atoms with Crippen molar-refractivity contribution in [3.05, 3.63) is 38.0 Å². The molecule has 0 amide bonds. The van der Waals surface area contributed by atoms with Crippen LogP contribution in [-0.2, 0) is 46.2 Å². The number of nitrogen functional groups attached to an aromatic ring is 3. The molecule has 3 fully saturated rings. The van der Waals surface area contributed by atoms with Gasteiger partial charge in [-0.2, -0.15) is 0 Å². The molecule has 3 saturated heterocycles. The van der Waals surface area contributed by atoms with E-state index in [9.17, 15) is 39.3 Å². The van der Waals surface area contributed by atoms with E-state index in [1.807, 2.05) is 0 Å². The van der Waals surface area contributed by atoms with Gasteiger partial charge < -0.3 is 66.4 Å². The number of aromatic nitrogens is 12. The van der Waals surface area contributed by atoms with Gasteiger partial charge in [-0.25, -0.2) is 54.0 Å². The first-order chi connectivity index (χ1) is 30.6. The largest absolute Gasteiger partial charge is 0.472 e. The summed E-state index contributed by atoms with van der Waals surface area (Å²) in [5, 5.41) is 43.1. The molecule has 0 bridgehead atoms. The number of rotatable bonds is 15. The molecule has 344 valence electrons. The van der Waals surface area contributed by atoms with Crippen molar-refractivity contribution in [2.75, 3.05) is 44.1 Å². The average Bonchev–Trinajstić information content (AvgIpc) is 4.12. The summed E-state index contributed by atoms with van der Waals surface area (Å²) in [6.07, 6.45) is -10.7. The maximum absolute atomic E-state index is 13.7. The molecule has 14 atom stereocenters. The molecule has 9 rings (SSSR count). The fourth-order valence-corrected chi connectivity index (χ4v) is 9.56. The molecule has 0 saturated carbocycles. The number of aliphatic hydroxyl groups excluding tert-OH is 4. The molecule has 0 radical (unpaired) electrons. The highest BCUT2D eigenvalue weighted by Gasteiger charge is 2.54. The van der Waals surface area contributed by atoms with Crippen LogP contribution in [0.2, 0.25) is 0 Å². The molecular formula is C31H39N15O16P2. The van der Waals surface area contributed by atoms with Gasteiger partial charge in [0.25, 0.3) is 0 Å². The number of hydrogen-bond donors (Lipinski definition) is 9. The first-order valence-corrected chi connectivity index (χ1v) is 21.8. The van der Waals surface area contributed by atoms with Crippen LogP contribution in [0.5, 0.6) is 0 Å². The Kier molecular flexibility index (Phi) is 11.8. The molecule has 3 aliphatic heterocycles. The summed E-state index contributed by atoms with van der Waals surface area (Å²) >= 11 is 0. The second kappa shape index (κ2) is 17.1. The molecule has 12 N–H and O–H groups in total. The summed E-state index contributed by atoms with van der Waals surface area (Å²) in [6.45, 7) is -2.52. The number of imidazole rings is 3. The zero-order valence-electron chi connectivity index (χ0n) is 32.8. The van der Waals surface area contributed by atoms with Crippen LogP contribution in [0.3, 0.4) is 0 Å². The van der Waals surface area contributed by atoms with E-state index < -0.39 is 109 Å². The Labute approximate surface area is 356 Å². The third kappa shape index (κ3) is 7.93. The van der Waals surface area contributed by atoms with Crippen LogP contribution in [0.4, 0.5) is 17.5 Å². The highest BCUT2D eigenvalue weighted by Crippen LogP contribution is 2.53. The normalized spacial score (nSPS) is 31.6. The van der Waals surface area contributed by atoms with E-state index in [0.717, 1.165) is 19.0 Å². The van der Waals surface area contributed by atoms with Crippen LogP contribution in [0.1, 0.15) is 18.7 Å². The minimum Gasteiger partial charge on any atom is -0.394 e.